The molecule has 0 aliphatic carbocycles. The van der Waals surface area contributed by atoms with Gasteiger partial charge in [0, 0.05) is 17.5 Å². The van der Waals surface area contributed by atoms with Crippen LogP contribution in [0.25, 0.3) is 0 Å². The first kappa shape index (κ1) is 13.0. The molecule has 0 saturated heterocycles. The quantitative estimate of drug-likeness (QED) is 0.833. The summed E-state index contributed by atoms with van der Waals surface area (Å²) < 4.78 is 0. The van der Waals surface area contributed by atoms with Crippen molar-refractivity contribution in [1.82, 2.24) is 0 Å². The average molecular weight is 242 g/mol. The highest BCUT2D eigenvalue weighted by Crippen LogP contribution is 2.23. The lowest BCUT2D eigenvalue weighted by atomic mass is 9.98. The normalized spacial score (nSPS) is 12.4. The van der Waals surface area contributed by atoms with Gasteiger partial charge in [0.15, 0.2) is 0 Å². The van der Waals surface area contributed by atoms with Gasteiger partial charge in [0.25, 0.3) is 0 Å². The Hall–Kier alpha value is -1.06. The van der Waals surface area contributed by atoms with Crippen LogP contribution in [0.5, 0.6) is 0 Å². The summed E-state index contributed by atoms with van der Waals surface area (Å²) in [6, 6.07) is 5.46. The number of hydrogen-bond acceptors (Lipinski definition) is 2. The Balaban J connectivity index is 2.61. The van der Waals surface area contributed by atoms with Crippen LogP contribution in [-0.4, -0.2) is 11.1 Å². The molecule has 1 aromatic rings. The number of carboxylic acid groups (broad SMARTS) is 1. The number of aliphatic carboxylic acids is 1. The molecular weight excluding hydrogens is 226 g/mol. The first-order chi connectivity index (χ1) is 7.50. The number of halogens is 1. The van der Waals surface area contributed by atoms with Crippen molar-refractivity contribution in [2.45, 2.75) is 32.2 Å². The molecule has 3 nitrogen and oxygen atoms in total. The molecule has 0 aliphatic rings. The van der Waals surface area contributed by atoms with Crippen LogP contribution in [0, 0.1) is 6.92 Å². The van der Waals surface area contributed by atoms with Crippen molar-refractivity contribution < 1.29 is 9.90 Å². The molecule has 1 aromatic carbocycles. The van der Waals surface area contributed by atoms with Gasteiger partial charge in [-0.15, -0.1) is 0 Å². The van der Waals surface area contributed by atoms with Crippen LogP contribution in [0.1, 0.15) is 36.4 Å². The van der Waals surface area contributed by atoms with E-state index in [0.29, 0.717) is 17.9 Å². The van der Waals surface area contributed by atoms with Gasteiger partial charge in [0.05, 0.1) is 0 Å². The van der Waals surface area contributed by atoms with E-state index in [0.717, 1.165) is 11.1 Å². The van der Waals surface area contributed by atoms with Crippen molar-refractivity contribution in [3.8, 4) is 0 Å². The second-order valence-corrected chi connectivity index (χ2v) is 4.33. The van der Waals surface area contributed by atoms with Gasteiger partial charge in [-0.2, -0.15) is 0 Å². The number of rotatable bonds is 5. The van der Waals surface area contributed by atoms with E-state index in [1.165, 1.54) is 0 Å². The minimum atomic E-state index is -0.782. The third kappa shape index (κ3) is 3.83. The fraction of sp³-hybridized carbons (Fsp3) is 0.417. The maximum atomic E-state index is 10.4. The summed E-state index contributed by atoms with van der Waals surface area (Å²) in [6.07, 6.45) is 1.41. The molecule has 3 N–H and O–H groups in total. The molecule has 0 saturated carbocycles. The highest BCUT2D eigenvalue weighted by molar-refractivity contribution is 6.30. The highest BCUT2D eigenvalue weighted by atomic mass is 35.5. The molecule has 1 unspecified atom stereocenters. The molecule has 0 aliphatic heterocycles. The minimum Gasteiger partial charge on any atom is -0.481 e. The van der Waals surface area contributed by atoms with Crippen LogP contribution < -0.4 is 5.73 Å². The molecular formula is C12H16ClNO2. The molecule has 1 rings (SSSR count). The number of hydrogen-bond donors (Lipinski definition) is 2. The summed E-state index contributed by atoms with van der Waals surface area (Å²) >= 11 is 5.90. The van der Waals surface area contributed by atoms with Crippen LogP contribution in [-0.2, 0) is 4.79 Å². The van der Waals surface area contributed by atoms with E-state index < -0.39 is 5.97 Å². The van der Waals surface area contributed by atoms with Crippen LogP contribution in [0.15, 0.2) is 18.2 Å². The summed E-state index contributed by atoms with van der Waals surface area (Å²) in [5.74, 6) is -0.782. The molecule has 88 valence electrons. The van der Waals surface area contributed by atoms with Gasteiger partial charge in [0.2, 0.25) is 0 Å². The SMILES string of the molecule is Cc1ccc(Cl)cc1C(N)CCCC(=O)O. The predicted molar refractivity (Wildman–Crippen MR) is 64.6 cm³/mol. The molecule has 0 amide bonds. The Bertz CT molecular complexity index is 379. The Labute approximate surface area is 100 Å². The zero-order valence-corrected chi connectivity index (χ0v) is 10.00. The Kier molecular flexibility index (Phi) is 4.77. The van der Waals surface area contributed by atoms with Gasteiger partial charge in [-0.3, -0.25) is 4.79 Å². The van der Waals surface area contributed by atoms with E-state index in [2.05, 4.69) is 0 Å². The van der Waals surface area contributed by atoms with Gasteiger partial charge < -0.3 is 10.8 Å². The molecule has 1 atom stereocenters. The lowest BCUT2D eigenvalue weighted by Gasteiger charge is -2.14. The number of carboxylic acids is 1. The molecule has 0 heterocycles. The van der Waals surface area contributed by atoms with Crippen molar-refractivity contribution in [3.05, 3.63) is 34.3 Å². The molecule has 16 heavy (non-hydrogen) atoms. The molecule has 0 aromatic heterocycles. The molecule has 0 radical (unpaired) electrons. The summed E-state index contributed by atoms with van der Waals surface area (Å²) in [5, 5.41) is 9.20. The Morgan fingerprint density at radius 1 is 1.56 bits per heavy atom. The Morgan fingerprint density at radius 3 is 2.88 bits per heavy atom. The standard InChI is InChI=1S/C12H16ClNO2/c1-8-5-6-9(13)7-10(8)11(14)3-2-4-12(15)16/h5-7,11H,2-4,14H2,1H3,(H,15,16). The maximum Gasteiger partial charge on any atom is 0.303 e. The molecule has 0 spiro atoms. The lowest BCUT2D eigenvalue weighted by molar-refractivity contribution is -0.137. The van der Waals surface area contributed by atoms with Crippen LogP contribution in [0.2, 0.25) is 5.02 Å². The summed E-state index contributed by atoms with van der Waals surface area (Å²) in [4.78, 5) is 10.4. The first-order valence-electron chi connectivity index (χ1n) is 5.24. The van der Waals surface area contributed by atoms with E-state index >= 15 is 0 Å². The summed E-state index contributed by atoms with van der Waals surface area (Å²) in [7, 11) is 0. The van der Waals surface area contributed by atoms with Crippen molar-refractivity contribution in [2.24, 2.45) is 5.73 Å². The summed E-state index contributed by atoms with van der Waals surface area (Å²) in [6.45, 7) is 1.97. The van der Waals surface area contributed by atoms with Crippen LogP contribution in [0.4, 0.5) is 0 Å². The van der Waals surface area contributed by atoms with E-state index in [1.54, 1.807) is 0 Å². The van der Waals surface area contributed by atoms with Crippen LogP contribution in [0.3, 0.4) is 0 Å². The van der Waals surface area contributed by atoms with Crippen molar-refractivity contribution >= 4 is 17.6 Å². The third-order valence-electron chi connectivity index (χ3n) is 2.55. The number of aryl methyl sites for hydroxylation is 1. The van der Waals surface area contributed by atoms with Crippen LogP contribution >= 0.6 is 11.6 Å². The second-order valence-electron chi connectivity index (χ2n) is 3.89. The monoisotopic (exact) mass is 241 g/mol. The van der Waals surface area contributed by atoms with E-state index in [4.69, 9.17) is 22.4 Å². The van der Waals surface area contributed by atoms with Crippen molar-refractivity contribution in [3.63, 3.8) is 0 Å². The van der Waals surface area contributed by atoms with Gasteiger partial charge in [-0.1, -0.05) is 17.7 Å². The topological polar surface area (TPSA) is 63.3 Å². The Morgan fingerprint density at radius 2 is 2.25 bits per heavy atom. The van der Waals surface area contributed by atoms with E-state index in [-0.39, 0.29) is 12.5 Å². The molecule has 0 bridgehead atoms. The largest absolute Gasteiger partial charge is 0.481 e. The van der Waals surface area contributed by atoms with Gasteiger partial charge in [0.1, 0.15) is 0 Å². The fourth-order valence-electron chi connectivity index (χ4n) is 1.64. The minimum absolute atomic E-state index is 0.141. The van der Waals surface area contributed by atoms with Gasteiger partial charge in [-0.05, 0) is 43.0 Å². The third-order valence-corrected chi connectivity index (χ3v) is 2.78. The molecule has 4 heteroatoms. The smallest absolute Gasteiger partial charge is 0.303 e. The average Bonchev–Trinajstić information content (AvgIpc) is 2.21. The highest BCUT2D eigenvalue weighted by Gasteiger charge is 2.10. The molecule has 0 fully saturated rings. The fourth-order valence-corrected chi connectivity index (χ4v) is 1.82. The van der Waals surface area contributed by atoms with E-state index in [9.17, 15) is 4.79 Å². The van der Waals surface area contributed by atoms with Gasteiger partial charge >= 0.3 is 5.97 Å². The maximum absolute atomic E-state index is 10.4. The van der Waals surface area contributed by atoms with Crippen molar-refractivity contribution in [1.29, 1.82) is 0 Å². The summed E-state index contributed by atoms with van der Waals surface area (Å²) in [5.41, 5.74) is 8.09. The van der Waals surface area contributed by atoms with E-state index in [1.807, 2.05) is 25.1 Å². The predicted octanol–water partition coefficient (Wildman–Crippen LogP) is 2.90. The zero-order valence-electron chi connectivity index (χ0n) is 9.24. The number of benzene rings is 1. The first-order valence-corrected chi connectivity index (χ1v) is 5.62. The van der Waals surface area contributed by atoms with Crippen molar-refractivity contribution in [2.75, 3.05) is 0 Å². The number of carbonyl (C=O) groups is 1. The van der Waals surface area contributed by atoms with Gasteiger partial charge in [-0.25, -0.2) is 0 Å². The zero-order chi connectivity index (χ0) is 12.1. The lowest BCUT2D eigenvalue weighted by Crippen LogP contribution is -2.12. The second kappa shape index (κ2) is 5.87. The number of nitrogens with two attached hydrogens (primary N) is 1.